The van der Waals surface area contributed by atoms with E-state index in [1.165, 1.54) is 25.1 Å². The molecule has 0 aromatic carbocycles. The number of likely N-dealkylation sites (N-methyl/N-ethyl adjacent to an activating group) is 1. The number of carbonyl (C=O) groups excluding carboxylic acids is 1. The monoisotopic (exact) mass is 242 g/mol. The van der Waals surface area contributed by atoms with Crippen LogP contribution in [0.5, 0.6) is 0 Å². The van der Waals surface area contributed by atoms with Crippen molar-refractivity contribution in [1.29, 1.82) is 0 Å². The average Bonchev–Trinajstić information content (AvgIpc) is 2.76. The summed E-state index contributed by atoms with van der Waals surface area (Å²) in [5, 5.41) is 14.8. The number of nitrogens with two attached hydrogens (primary N) is 1. The van der Waals surface area contributed by atoms with Gasteiger partial charge >= 0.3 is 0 Å². The number of amidine groups is 1. The van der Waals surface area contributed by atoms with Crippen LogP contribution >= 0.6 is 0 Å². The number of oxime groups is 1. The summed E-state index contributed by atoms with van der Waals surface area (Å²) in [6.07, 6.45) is 0. The molecule has 1 heterocycles. The van der Waals surface area contributed by atoms with Gasteiger partial charge in [0.2, 0.25) is 0 Å². The molecule has 0 saturated heterocycles. The standard InChI is InChI=1S/C9H14N4O4/c1-13(4-8(10)11-15)9(14)7-3-6(5-16-2)17-12-7/h3,15H,4-5H2,1-2H3,(H2,10,11). The van der Waals surface area contributed by atoms with Gasteiger partial charge in [-0.05, 0) is 0 Å². The van der Waals surface area contributed by atoms with Gasteiger partial charge in [-0.1, -0.05) is 10.3 Å². The number of hydrogen-bond donors (Lipinski definition) is 2. The highest BCUT2D eigenvalue weighted by Crippen LogP contribution is 2.07. The zero-order valence-corrected chi connectivity index (χ0v) is 9.58. The van der Waals surface area contributed by atoms with Crippen LogP contribution in [0.25, 0.3) is 0 Å². The molecule has 1 aromatic heterocycles. The molecule has 0 fully saturated rings. The summed E-state index contributed by atoms with van der Waals surface area (Å²) in [6, 6.07) is 1.48. The number of ether oxygens (including phenoxy) is 1. The van der Waals surface area contributed by atoms with Crippen molar-refractivity contribution in [3.63, 3.8) is 0 Å². The summed E-state index contributed by atoms with van der Waals surface area (Å²) in [7, 11) is 3.01. The second-order valence-corrected chi connectivity index (χ2v) is 3.36. The lowest BCUT2D eigenvalue weighted by atomic mass is 10.3. The third kappa shape index (κ3) is 3.45. The van der Waals surface area contributed by atoms with Crippen molar-refractivity contribution in [3.05, 3.63) is 17.5 Å². The van der Waals surface area contributed by atoms with Crippen LogP contribution in [0, 0.1) is 0 Å². The number of aromatic nitrogens is 1. The van der Waals surface area contributed by atoms with Gasteiger partial charge in [-0.25, -0.2) is 0 Å². The fourth-order valence-corrected chi connectivity index (χ4v) is 1.17. The van der Waals surface area contributed by atoms with Crippen molar-refractivity contribution in [2.45, 2.75) is 6.61 Å². The van der Waals surface area contributed by atoms with E-state index in [0.29, 0.717) is 5.76 Å². The van der Waals surface area contributed by atoms with Crippen molar-refractivity contribution in [3.8, 4) is 0 Å². The summed E-state index contributed by atoms with van der Waals surface area (Å²) in [5.41, 5.74) is 5.43. The molecule has 94 valence electrons. The lowest BCUT2D eigenvalue weighted by molar-refractivity contribution is 0.0803. The fraction of sp³-hybridized carbons (Fsp3) is 0.444. The molecule has 0 aliphatic rings. The number of rotatable bonds is 5. The minimum atomic E-state index is -0.386. The quantitative estimate of drug-likeness (QED) is 0.315. The minimum absolute atomic E-state index is 0.00179. The van der Waals surface area contributed by atoms with E-state index in [0.717, 1.165) is 0 Å². The lowest BCUT2D eigenvalue weighted by Crippen LogP contribution is -2.35. The highest BCUT2D eigenvalue weighted by atomic mass is 16.5. The molecule has 0 aliphatic heterocycles. The molecule has 3 N–H and O–H groups in total. The van der Waals surface area contributed by atoms with Crippen molar-refractivity contribution in [2.75, 3.05) is 20.7 Å². The van der Waals surface area contributed by atoms with Crippen molar-refractivity contribution < 1.29 is 19.3 Å². The Labute approximate surface area is 97.6 Å². The van der Waals surface area contributed by atoms with Gasteiger partial charge in [0.15, 0.2) is 17.3 Å². The number of methoxy groups -OCH3 is 1. The van der Waals surface area contributed by atoms with E-state index in [9.17, 15) is 4.79 Å². The zero-order chi connectivity index (χ0) is 12.8. The molecule has 0 atom stereocenters. The van der Waals surface area contributed by atoms with E-state index < -0.39 is 0 Å². The van der Waals surface area contributed by atoms with Gasteiger partial charge in [-0.2, -0.15) is 0 Å². The van der Waals surface area contributed by atoms with Crippen LogP contribution in [-0.2, 0) is 11.3 Å². The molecule has 8 nitrogen and oxygen atoms in total. The molecule has 8 heteroatoms. The largest absolute Gasteiger partial charge is 0.409 e. The SMILES string of the molecule is COCc1cc(C(=O)N(C)CC(N)=NO)no1. The summed E-state index contributed by atoms with van der Waals surface area (Å²) < 4.78 is 9.71. The van der Waals surface area contributed by atoms with Gasteiger partial charge in [0.1, 0.15) is 6.61 Å². The second kappa shape index (κ2) is 5.85. The van der Waals surface area contributed by atoms with Crippen LogP contribution in [0.4, 0.5) is 0 Å². The van der Waals surface area contributed by atoms with E-state index >= 15 is 0 Å². The van der Waals surface area contributed by atoms with Crippen molar-refractivity contribution in [2.24, 2.45) is 10.9 Å². The first-order valence-electron chi connectivity index (χ1n) is 4.75. The number of carbonyl (C=O) groups is 1. The molecule has 0 aliphatic carbocycles. The lowest BCUT2D eigenvalue weighted by Gasteiger charge is -2.13. The van der Waals surface area contributed by atoms with E-state index in [2.05, 4.69) is 10.3 Å². The first-order chi connectivity index (χ1) is 8.08. The Kier molecular flexibility index (Phi) is 4.46. The molecule has 1 aromatic rings. The Morgan fingerprint density at radius 1 is 1.76 bits per heavy atom. The van der Waals surface area contributed by atoms with E-state index in [1.807, 2.05) is 0 Å². The Morgan fingerprint density at radius 2 is 2.47 bits per heavy atom. The van der Waals surface area contributed by atoms with Crippen molar-refractivity contribution in [1.82, 2.24) is 10.1 Å². The molecule has 0 saturated carbocycles. The molecular formula is C9H14N4O4. The summed E-state index contributed by atoms with van der Waals surface area (Å²) in [4.78, 5) is 13.0. The highest BCUT2D eigenvalue weighted by molar-refractivity contribution is 5.95. The molecular weight excluding hydrogens is 228 g/mol. The third-order valence-electron chi connectivity index (χ3n) is 1.94. The molecule has 0 unspecified atom stereocenters. The Morgan fingerprint density at radius 3 is 3.06 bits per heavy atom. The molecule has 0 radical (unpaired) electrons. The first-order valence-corrected chi connectivity index (χ1v) is 4.75. The van der Waals surface area contributed by atoms with Crippen LogP contribution in [0.1, 0.15) is 16.2 Å². The van der Waals surface area contributed by atoms with Gasteiger partial charge in [-0.15, -0.1) is 0 Å². The number of hydrogen-bond acceptors (Lipinski definition) is 6. The smallest absolute Gasteiger partial charge is 0.276 e. The average molecular weight is 242 g/mol. The van der Waals surface area contributed by atoms with Gasteiger partial charge in [0.25, 0.3) is 5.91 Å². The molecule has 1 rings (SSSR count). The normalized spacial score (nSPS) is 11.5. The van der Waals surface area contributed by atoms with Gasteiger partial charge in [0, 0.05) is 20.2 Å². The summed E-state index contributed by atoms with van der Waals surface area (Å²) in [5.74, 6) is -0.00258. The highest BCUT2D eigenvalue weighted by Gasteiger charge is 2.17. The predicted molar refractivity (Wildman–Crippen MR) is 57.6 cm³/mol. The minimum Gasteiger partial charge on any atom is -0.409 e. The fourth-order valence-electron chi connectivity index (χ4n) is 1.17. The maximum absolute atomic E-state index is 11.8. The zero-order valence-electron chi connectivity index (χ0n) is 9.58. The second-order valence-electron chi connectivity index (χ2n) is 3.36. The predicted octanol–water partition coefficient (Wildman–Crippen LogP) is -0.361. The maximum atomic E-state index is 11.8. The van der Waals surface area contributed by atoms with Crippen LogP contribution < -0.4 is 5.73 Å². The van der Waals surface area contributed by atoms with Crippen molar-refractivity contribution >= 4 is 11.7 Å². The molecule has 0 bridgehead atoms. The van der Waals surface area contributed by atoms with E-state index in [1.54, 1.807) is 0 Å². The summed E-state index contributed by atoms with van der Waals surface area (Å²) >= 11 is 0. The Hall–Kier alpha value is -2.09. The number of nitrogens with zero attached hydrogens (tertiary/aromatic N) is 3. The van der Waals surface area contributed by atoms with Crippen LogP contribution in [0.3, 0.4) is 0 Å². The van der Waals surface area contributed by atoms with Crippen LogP contribution in [0.2, 0.25) is 0 Å². The topological polar surface area (TPSA) is 114 Å². The van der Waals surface area contributed by atoms with Gasteiger partial charge < -0.3 is 25.1 Å². The van der Waals surface area contributed by atoms with Gasteiger partial charge in [-0.3, -0.25) is 4.79 Å². The Balaban J connectivity index is 2.67. The van der Waals surface area contributed by atoms with E-state index in [-0.39, 0.29) is 30.6 Å². The molecule has 1 amide bonds. The third-order valence-corrected chi connectivity index (χ3v) is 1.94. The van der Waals surface area contributed by atoms with Crippen LogP contribution in [-0.4, -0.2) is 47.7 Å². The maximum Gasteiger partial charge on any atom is 0.276 e. The van der Waals surface area contributed by atoms with E-state index in [4.69, 9.17) is 20.2 Å². The summed E-state index contributed by atoms with van der Waals surface area (Å²) in [6.45, 7) is 0.242. The van der Waals surface area contributed by atoms with Crippen LogP contribution in [0.15, 0.2) is 15.7 Å². The first kappa shape index (κ1) is 13.0. The molecule has 17 heavy (non-hydrogen) atoms. The molecule has 0 spiro atoms. The van der Waals surface area contributed by atoms with Gasteiger partial charge in [0.05, 0.1) is 6.54 Å². The Bertz CT molecular complexity index is 415. The number of amides is 1.